The van der Waals surface area contributed by atoms with E-state index < -0.39 is 0 Å². The van der Waals surface area contributed by atoms with Gasteiger partial charge in [-0.25, -0.2) is 0 Å². The molecule has 4 nitrogen and oxygen atoms in total. The number of benzene rings is 3. The Labute approximate surface area is 137 Å². The highest BCUT2D eigenvalue weighted by atomic mass is 35.5. The van der Waals surface area contributed by atoms with Crippen LogP contribution in [0.25, 0.3) is 27.7 Å². The number of aromatic nitrogens is 3. The molecular formula is C18H12ClN3O. The van der Waals surface area contributed by atoms with E-state index in [9.17, 15) is 5.21 Å². The minimum atomic E-state index is 0.496. The molecule has 4 aromatic rings. The molecule has 4 rings (SSSR count). The van der Waals surface area contributed by atoms with Gasteiger partial charge < -0.3 is 5.21 Å². The molecule has 23 heavy (non-hydrogen) atoms. The molecule has 0 aliphatic rings. The van der Waals surface area contributed by atoms with E-state index in [0.717, 1.165) is 21.2 Å². The van der Waals surface area contributed by atoms with Crippen molar-refractivity contribution in [2.75, 3.05) is 0 Å². The van der Waals surface area contributed by atoms with Crippen molar-refractivity contribution < 1.29 is 4.85 Å². The Kier molecular flexibility index (Phi) is 3.24. The molecular weight excluding hydrogens is 310 g/mol. The highest BCUT2D eigenvalue weighted by molar-refractivity contribution is 6.30. The molecule has 1 heterocycles. The van der Waals surface area contributed by atoms with Crippen LogP contribution in [0.3, 0.4) is 0 Å². The first-order chi connectivity index (χ1) is 11.2. The van der Waals surface area contributed by atoms with E-state index in [0.29, 0.717) is 16.4 Å². The van der Waals surface area contributed by atoms with Crippen LogP contribution in [0.5, 0.6) is 0 Å². The maximum absolute atomic E-state index is 12.6. The molecule has 112 valence electrons. The van der Waals surface area contributed by atoms with Gasteiger partial charge in [-0.05, 0) is 45.9 Å². The minimum absolute atomic E-state index is 0.496. The van der Waals surface area contributed by atoms with E-state index in [1.807, 2.05) is 42.5 Å². The first-order valence-electron chi connectivity index (χ1n) is 7.15. The number of hydrogen-bond acceptors (Lipinski definition) is 2. The third kappa shape index (κ3) is 2.43. The van der Waals surface area contributed by atoms with E-state index >= 15 is 0 Å². The smallest absolute Gasteiger partial charge is 0.215 e. The lowest BCUT2D eigenvalue weighted by Crippen LogP contribution is -2.38. The molecule has 0 saturated carbocycles. The number of halogens is 1. The summed E-state index contributed by atoms with van der Waals surface area (Å²) in [4.78, 5) is 2.06. The van der Waals surface area contributed by atoms with Crippen molar-refractivity contribution in [2.45, 2.75) is 0 Å². The molecule has 1 aromatic heterocycles. The van der Waals surface area contributed by atoms with Gasteiger partial charge in [-0.1, -0.05) is 48.0 Å². The molecule has 0 N–H and O–H groups in total. The maximum Gasteiger partial charge on any atom is 0.215 e. The van der Waals surface area contributed by atoms with Crippen LogP contribution in [0.2, 0.25) is 5.02 Å². The molecule has 0 fully saturated rings. The maximum atomic E-state index is 12.6. The van der Waals surface area contributed by atoms with Crippen molar-refractivity contribution >= 4 is 22.4 Å². The summed E-state index contributed by atoms with van der Waals surface area (Å²) >= 11 is 5.98. The summed E-state index contributed by atoms with van der Waals surface area (Å²) in [5.41, 5.74) is 1.95. The Hall–Kier alpha value is -2.85. The van der Waals surface area contributed by atoms with Crippen LogP contribution in [0, 0.1) is 5.21 Å². The van der Waals surface area contributed by atoms with Crippen LogP contribution in [-0.2, 0) is 0 Å². The Bertz CT molecular complexity index is 1010. The summed E-state index contributed by atoms with van der Waals surface area (Å²) in [7, 11) is 0. The van der Waals surface area contributed by atoms with Crippen LogP contribution in [0.1, 0.15) is 0 Å². The molecule has 0 aliphatic carbocycles. The zero-order chi connectivity index (χ0) is 15.8. The van der Waals surface area contributed by atoms with Gasteiger partial charge in [0.25, 0.3) is 0 Å². The Morgan fingerprint density at radius 1 is 0.913 bits per heavy atom. The highest BCUT2D eigenvalue weighted by Crippen LogP contribution is 2.22. The number of nitrogens with zero attached hydrogens (tertiary/aromatic N) is 3. The average Bonchev–Trinajstić information content (AvgIpc) is 2.96. The SMILES string of the molecule is [O-][n+]1c(-c2ccc3ccccc3c2)cnn1-c1cccc(Cl)c1. The molecule has 0 bridgehead atoms. The van der Waals surface area contributed by atoms with Gasteiger partial charge in [-0.3, -0.25) is 0 Å². The van der Waals surface area contributed by atoms with Gasteiger partial charge in [0, 0.05) is 15.7 Å². The number of hydrogen-bond donors (Lipinski definition) is 0. The normalized spacial score (nSPS) is 11.0. The molecule has 0 saturated heterocycles. The van der Waals surface area contributed by atoms with Gasteiger partial charge in [0.2, 0.25) is 11.9 Å². The second kappa shape index (κ2) is 5.41. The monoisotopic (exact) mass is 321 g/mol. The largest absolute Gasteiger partial charge is 0.692 e. The summed E-state index contributed by atoms with van der Waals surface area (Å²) in [5.74, 6) is 0. The van der Waals surface area contributed by atoms with Crippen molar-refractivity contribution in [1.82, 2.24) is 9.90 Å². The second-order valence-electron chi connectivity index (χ2n) is 5.23. The summed E-state index contributed by atoms with van der Waals surface area (Å²) in [6.07, 6.45) is 1.57. The zero-order valence-corrected chi connectivity index (χ0v) is 12.8. The molecule has 0 spiro atoms. The van der Waals surface area contributed by atoms with Crippen molar-refractivity contribution in [3.63, 3.8) is 0 Å². The fourth-order valence-corrected chi connectivity index (χ4v) is 2.80. The molecule has 0 aliphatic heterocycles. The topological polar surface area (TPSA) is 44.8 Å². The van der Waals surface area contributed by atoms with E-state index in [2.05, 4.69) is 5.10 Å². The van der Waals surface area contributed by atoms with Crippen molar-refractivity contribution in [2.24, 2.45) is 0 Å². The van der Waals surface area contributed by atoms with Crippen LogP contribution in [-0.4, -0.2) is 9.90 Å². The summed E-state index contributed by atoms with van der Waals surface area (Å²) in [6, 6.07) is 21.0. The number of fused-ring (bicyclic) bond motifs is 1. The second-order valence-corrected chi connectivity index (χ2v) is 5.67. The van der Waals surface area contributed by atoms with E-state index in [1.54, 1.807) is 30.5 Å². The van der Waals surface area contributed by atoms with Crippen molar-refractivity contribution in [3.05, 3.63) is 83.2 Å². The lowest BCUT2D eigenvalue weighted by atomic mass is 10.1. The van der Waals surface area contributed by atoms with Crippen LogP contribution >= 0.6 is 11.6 Å². The molecule has 5 heteroatoms. The molecule has 3 aromatic carbocycles. The molecule has 0 unspecified atom stereocenters. The van der Waals surface area contributed by atoms with Gasteiger partial charge in [-0.2, -0.15) is 0 Å². The predicted octanol–water partition coefficient (Wildman–Crippen LogP) is 3.98. The number of rotatable bonds is 2. The van der Waals surface area contributed by atoms with Gasteiger partial charge >= 0.3 is 0 Å². The predicted molar refractivity (Wildman–Crippen MR) is 90.5 cm³/mol. The van der Waals surface area contributed by atoms with Gasteiger partial charge in [0.1, 0.15) is 5.69 Å². The first kappa shape index (κ1) is 13.8. The fraction of sp³-hybridized carbons (Fsp3) is 0. The van der Waals surface area contributed by atoms with Crippen LogP contribution in [0.15, 0.2) is 72.9 Å². The van der Waals surface area contributed by atoms with Crippen molar-refractivity contribution in [1.29, 1.82) is 0 Å². The van der Waals surface area contributed by atoms with Gasteiger partial charge in [0.15, 0.2) is 0 Å². The average molecular weight is 322 g/mol. The lowest BCUT2D eigenvalue weighted by Gasteiger charge is -2.07. The van der Waals surface area contributed by atoms with E-state index in [4.69, 9.17) is 11.6 Å². The Morgan fingerprint density at radius 3 is 2.57 bits per heavy atom. The zero-order valence-electron chi connectivity index (χ0n) is 12.1. The van der Waals surface area contributed by atoms with Gasteiger partial charge in [-0.15, -0.1) is 4.85 Å². The Morgan fingerprint density at radius 2 is 1.74 bits per heavy atom. The molecule has 0 atom stereocenters. The Balaban J connectivity index is 1.83. The summed E-state index contributed by atoms with van der Waals surface area (Å²) in [6.45, 7) is 0. The van der Waals surface area contributed by atoms with Crippen LogP contribution in [0.4, 0.5) is 0 Å². The van der Waals surface area contributed by atoms with Crippen molar-refractivity contribution in [3.8, 4) is 16.9 Å². The lowest BCUT2D eigenvalue weighted by molar-refractivity contribution is -0.678. The summed E-state index contributed by atoms with van der Waals surface area (Å²) in [5, 5.41) is 19.6. The highest BCUT2D eigenvalue weighted by Gasteiger charge is 2.16. The standard InChI is InChI=1S/C18H12ClN3O/c19-16-6-3-7-17(11-16)21-20-12-18(22(21)23)15-9-8-13-4-1-2-5-14(13)10-15/h1-12H. The first-order valence-corrected chi connectivity index (χ1v) is 7.53. The van der Waals surface area contributed by atoms with E-state index in [1.165, 1.54) is 4.80 Å². The van der Waals surface area contributed by atoms with Gasteiger partial charge in [0.05, 0.1) is 0 Å². The molecule has 0 amide bonds. The molecule has 0 radical (unpaired) electrons. The third-order valence-electron chi connectivity index (χ3n) is 3.75. The minimum Gasteiger partial charge on any atom is -0.692 e. The fourth-order valence-electron chi connectivity index (χ4n) is 2.61. The van der Waals surface area contributed by atoms with Crippen LogP contribution < -0.4 is 4.85 Å². The quantitative estimate of drug-likeness (QED) is 0.414. The van der Waals surface area contributed by atoms with E-state index in [-0.39, 0.29) is 0 Å². The summed E-state index contributed by atoms with van der Waals surface area (Å²) < 4.78 is 0. The third-order valence-corrected chi connectivity index (χ3v) is 3.99.